The molecule has 0 saturated carbocycles. The molecule has 0 saturated heterocycles. The molecular formula is C24H35KO3S. The molecule has 0 heterocycles. The molecule has 0 aliphatic heterocycles. The van der Waals surface area contributed by atoms with Crippen LogP contribution in [0.1, 0.15) is 89.2 Å². The average molecular weight is 443 g/mol. The third-order valence-corrected chi connectivity index (χ3v) is 6.32. The number of fused-ring (bicyclic) bond motifs is 1. The van der Waals surface area contributed by atoms with E-state index in [1.807, 2.05) is 12.1 Å². The Morgan fingerprint density at radius 1 is 0.724 bits per heavy atom. The van der Waals surface area contributed by atoms with E-state index >= 15 is 0 Å². The van der Waals surface area contributed by atoms with Crippen molar-refractivity contribution >= 4 is 20.9 Å². The van der Waals surface area contributed by atoms with Crippen LogP contribution in [0.2, 0.25) is 0 Å². The molecule has 0 N–H and O–H groups in total. The first kappa shape index (κ1) is 27.3. The monoisotopic (exact) mass is 442 g/mol. The number of rotatable bonds is 13. The van der Waals surface area contributed by atoms with Crippen molar-refractivity contribution < 1.29 is 64.4 Å². The average Bonchev–Trinajstić information content (AvgIpc) is 2.66. The van der Waals surface area contributed by atoms with Crippen LogP contribution in [-0.2, 0) is 23.0 Å². The summed E-state index contributed by atoms with van der Waals surface area (Å²) in [6.07, 6.45) is 13.6. The number of aryl methyl sites for hydroxylation is 2. The molecule has 0 bridgehead atoms. The Morgan fingerprint density at radius 3 is 1.83 bits per heavy atom. The molecule has 0 aliphatic rings. The van der Waals surface area contributed by atoms with E-state index in [4.69, 9.17) is 0 Å². The van der Waals surface area contributed by atoms with Gasteiger partial charge in [-0.25, -0.2) is 8.42 Å². The molecule has 2 aromatic carbocycles. The van der Waals surface area contributed by atoms with Gasteiger partial charge in [0.05, 0.1) is 4.90 Å². The van der Waals surface area contributed by atoms with Gasteiger partial charge < -0.3 is 4.55 Å². The zero-order valence-electron chi connectivity index (χ0n) is 18.5. The molecule has 2 rings (SSSR count). The van der Waals surface area contributed by atoms with Crippen LogP contribution >= 0.6 is 0 Å². The summed E-state index contributed by atoms with van der Waals surface area (Å²) in [5.41, 5.74) is 2.06. The van der Waals surface area contributed by atoms with Crippen LogP contribution in [0.5, 0.6) is 0 Å². The van der Waals surface area contributed by atoms with Gasteiger partial charge in [0.15, 0.2) is 0 Å². The fourth-order valence-corrected chi connectivity index (χ4v) is 4.54. The topological polar surface area (TPSA) is 57.2 Å². The SMILES string of the molecule is CCCCCCCc1cc(S(=O)(=O)[O-])c2cc(CCCCCCC)ccc2c1.[K+]. The molecule has 0 unspecified atom stereocenters. The van der Waals surface area contributed by atoms with E-state index < -0.39 is 10.1 Å². The van der Waals surface area contributed by atoms with E-state index in [1.165, 1.54) is 44.9 Å². The third kappa shape index (κ3) is 9.50. The number of benzene rings is 2. The van der Waals surface area contributed by atoms with Crippen molar-refractivity contribution in [1.29, 1.82) is 0 Å². The van der Waals surface area contributed by atoms with Crippen molar-refractivity contribution in [1.82, 2.24) is 0 Å². The molecule has 5 heteroatoms. The van der Waals surface area contributed by atoms with Crippen molar-refractivity contribution in [2.45, 2.75) is 95.8 Å². The van der Waals surface area contributed by atoms with Gasteiger partial charge >= 0.3 is 51.4 Å². The van der Waals surface area contributed by atoms with Crippen LogP contribution in [0.3, 0.4) is 0 Å². The summed E-state index contributed by atoms with van der Waals surface area (Å²) in [5.74, 6) is 0. The van der Waals surface area contributed by atoms with Gasteiger partial charge in [0.1, 0.15) is 10.1 Å². The second-order valence-electron chi connectivity index (χ2n) is 7.93. The minimum Gasteiger partial charge on any atom is -0.744 e. The van der Waals surface area contributed by atoms with Crippen molar-refractivity contribution in [3.05, 3.63) is 41.5 Å². The summed E-state index contributed by atoms with van der Waals surface area (Å²) in [4.78, 5) is -0.0543. The van der Waals surface area contributed by atoms with Crippen molar-refractivity contribution in [2.75, 3.05) is 0 Å². The molecule has 0 radical (unpaired) electrons. The Kier molecular flexibility index (Phi) is 13.5. The summed E-state index contributed by atoms with van der Waals surface area (Å²) >= 11 is 0. The van der Waals surface area contributed by atoms with Crippen LogP contribution in [0.25, 0.3) is 10.8 Å². The minimum atomic E-state index is -4.49. The molecular weight excluding hydrogens is 407 g/mol. The van der Waals surface area contributed by atoms with Gasteiger partial charge in [-0.15, -0.1) is 0 Å². The normalized spacial score (nSPS) is 11.6. The van der Waals surface area contributed by atoms with Crippen LogP contribution in [0.15, 0.2) is 35.2 Å². The predicted octanol–water partition coefficient (Wildman–Crippen LogP) is 3.77. The van der Waals surface area contributed by atoms with Crippen LogP contribution in [0, 0.1) is 0 Å². The first-order valence-electron chi connectivity index (χ1n) is 11.0. The van der Waals surface area contributed by atoms with Gasteiger partial charge in [-0.3, -0.25) is 0 Å². The maximum Gasteiger partial charge on any atom is 1.00 e. The predicted molar refractivity (Wildman–Crippen MR) is 117 cm³/mol. The molecule has 0 aliphatic carbocycles. The van der Waals surface area contributed by atoms with Gasteiger partial charge in [0, 0.05) is 0 Å². The number of unbranched alkanes of at least 4 members (excludes halogenated alkanes) is 8. The smallest absolute Gasteiger partial charge is 0.744 e. The molecule has 0 atom stereocenters. The standard InChI is InChI=1S/C24H36O3S.K/c1-3-5-7-9-11-13-20-15-16-22-17-21(14-12-10-8-6-4-2)19-24(23(22)18-20)28(25,26)27;/h15-19H,3-14H2,1-2H3,(H,25,26,27);/q;+1/p-1. The molecule has 0 fully saturated rings. The van der Waals surface area contributed by atoms with E-state index in [2.05, 4.69) is 26.0 Å². The maximum absolute atomic E-state index is 11.9. The van der Waals surface area contributed by atoms with Gasteiger partial charge in [0.2, 0.25) is 0 Å². The zero-order chi connectivity index (χ0) is 20.4. The first-order valence-corrected chi connectivity index (χ1v) is 12.4. The third-order valence-electron chi connectivity index (χ3n) is 5.45. The van der Waals surface area contributed by atoms with Crippen molar-refractivity contribution in [3.63, 3.8) is 0 Å². The molecule has 0 spiro atoms. The molecule has 29 heavy (non-hydrogen) atoms. The van der Waals surface area contributed by atoms with E-state index in [0.717, 1.165) is 48.6 Å². The Bertz CT molecular complexity index is 847. The first-order chi connectivity index (χ1) is 13.5. The molecule has 0 aromatic heterocycles. The minimum absolute atomic E-state index is 0. The van der Waals surface area contributed by atoms with Gasteiger partial charge in [-0.1, -0.05) is 83.4 Å². The second kappa shape index (κ2) is 14.3. The van der Waals surface area contributed by atoms with E-state index in [9.17, 15) is 13.0 Å². The summed E-state index contributed by atoms with van der Waals surface area (Å²) in [7, 11) is -4.49. The Balaban J connectivity index is 0.00000420. The summed E-state index contributed by atoms with van der Waals surface area (Å²) in [6.45, 7) is 4.39. The van der Waals surface area contributed by atoms with Crippen molar-refractivity contribution in [3.8, 4) is 0 Å². The van der Waals surface area contributed by atoms with E-state index in [-0.39, 0.29) is 56.3 Å². The molecule has 3 nitrogen and oxygen atoms in total. The summed E-state index contributed by atoms with van der Waals surface area (Å²) in [5, 5.41) is 1.44. The number of hydrogen-bond donors (Lipinski definition) is 0. The second-order valence-corrected chi connectivity index (χ2v) is 9.28. The van der Waals surface area contributed by atoms with Crippen LogP contribution in [0.4, 0.5) is 0 Å². The largest absolute Gasteiger partial charge is 1.00 e. The van der Waals surface area contributed by atoms with Crippen LogP contribution in [-0.4, -0.2) is 13.0 Å². The molecule has 2 aromatic rings. The van der Waals surface area contributed by atoms with Crippen LogP contribution < -0.4 is 51.4 Å². The number of hydrogen-bond acceptors (Lipinski definition) is 3. The molecule has 156 valence electrons. The van der Waals surface area contributed by atoms with Gasteiger partial charge in [-0.05, 0) is 59.7 Å². The fraction of sp³-hybridized carbons (Fsp3) is 0.583. The van der Waals surface area contributed by atoms with Gasteiger partial charge in [-0.2, -0.15) is 0 Å². The Morgan fingerprint density at radius 2 is 1.28 bits per heavy atom. The quantitative estimate of drug-likeness (QED) is 0.269. The van der Waals surface area contributed by atoms with Crippen molar-refractivity contribution in [2.24, 2.45) is 0 Å². The maximum atomic E-state index is 11.9. The summed E-state index contributed by atoms with van der Waals surface area (Å²) in [6, 6.07) is 9.62. The van der Waals surface area contributed by atoms with E-state index in [0.29, 0.717) is 5.39 Å². The van der Waals surface area contributed by atoms with E-state index in [1.54, 1.807) is 6.07 Å². The Hall–Kier alpha value is 0.246. The van der Waals surface area contributed by atoms with Gasteiger partial charge in [0.25, 0.3) is 0 Å². The Labute approximate surface area is 220 Å². The molecule has 0 amide bonds. The summed E-state index contributed by atoms with van der Waals surface area (Å²) < 4.78 is 35.7. The zero-order valence-corrected chi connectivity index (χ0v) is 22.4. The fourth-order valence-electron chi connectivity index (χ4n) is 3.80.